The summed E-state index contributed by atoms with van der Waals surface area (Å²) in [5.41, 5.74) is 1.01. The number of nitrogens with zero attached hydrogens (tertiary/aromatic N) is 1. The smallest absolute Gasteiger partial charge is 0.265 e. The Bertz CT molecular complexity index is 657. The number of hydrogen-bond acceptors (Lipinski definition) is 5. The second kappa shape index (κ2) is 6.62. The molecule has 22 heavy (non-hydrogen) atoms. The van der Waals surface area contributed by atoms with Crippen molar-refractivity contribution in [1.82, 2.24) is 4.90 Å². The van der Waals surface area contributed by atoms with Gasteiger partial charge < -0.3 is 14.4 Å². The third kappa shape index (κ3) is 2.80. The van der Waals surface area contributed by atoms with Gasteiger partial charge in [-0.2, -0.15) is 0 Å². The summed E-state index contributed by atoms with van der Waals surface area (Å²) < 4.78 is 10.7. The van der Waals surface area contributed by atoms with Crippen LogP contribution in [0.4, 0.5) is 0 Å². The molecule has 1 amide bonds. The maximum Gasteiger partial charge on any atom is 0.265 e. The number of amides is 1. The molecule has 0 N–H and O–H groups in total. The molecule has 1 atom stereocenters. The summed E-state index contributed by atoms with van der Waals surface area (Å²) in [5, 5.41) is 1.91. The molecule has 1 aromatic carbocycles. The van der Waals surface area contributed by atoms with E-state index in [9.17, 15) is 4.79 Å². The number of hydrogen-bond donors (Lipinski definition) is 0. The number of thioether (sulfide) groups is 1. The predicted octanol–water partition coefficient (Wildman–Crippen LogP) is 3.65. The highest BCUT2D eigenvalue weighted by Crippen LogP contribution is 2.43. The molecule has 2 aromatic rings. The van der Waals surface area contributed by atoms with Crippen LogP contribution in [0.15, 0.2) is 35.7 Å². The Hall–Kier alpha value is -1.66. The molecule has 1 fully saturated rings. The normalized spacial score (nSPS) is 17.5. The monoisotopic (exact) mass is 335 g/mol. The lowest BCUT2D eigenvalue weighted by Crippen LogP contribution is -2.30. The van der Waals surface area contributed by atoms with Crippen molar-refractivity contribution in [2.75, 3.05) is 26.5 Å². The van der Waals surface area contributed by atoms with Gasteiger partial charge in [0, 0.05) is 23.9 Å². The minimum Gasteiger partial charge on any atom is -0.497 e. The van der Waals surface area contributed by atoms with Crippen LogP contribution in [0.25, 0.3) is 0 Å². The molecule has 1 aromatic heterocycles. The van der Waals surface area contributed by atoms with Crippen LogP contribution in [0, 0.1) is 0 Å². The van der Waals surface area contributed by atoms with Gasteiger partial charge in [-0.05, 0) is 23.6 Å². The molecule has 0 unspecified atom stereocenters. The van der Waals surface area contributed by atoms with Gasteiger partial charge in [-0.3, -0.25) is 4.79 Å². The quantitative estimate of drug-likeness (QED) is 0.855. The van der Waals surface area contributed by atoms with Crippen molar-refractivity contribution < 1.29 is 14.3 Å². The summed E-state index contributed by atoms with van der Waals surface area (Å²) in [6.45, 7) is 0.751. The van der Waals surface area contributed by atoms with E-state index in [-0.39, 0.29) is 11.3 Å². The van der Waals surface area contributed by atoms with Gasteiger partial charge in [0.15, 0.2) is 0 Å². The van der Waals surface area contributed by atoms with Crippen molar-refractivity contribution >= 4 is 29.0 Å². The van der Waals surface area contributed by atoms with Gasteiger partial charge in [0.1, 0.15) is 16.9 Å². The van der Waals surface area contributed by atoms with E-state index in [4.69, 9.17) is 9.47 Å². The predicted molar refractivity (Wildman–Crippen MR) is 90.1 cm³/mol. The van der Waals surface area contributed by atoms with Crippen molar-refractivity contribution in [3.8, 4) is 11.5 Å². The molecular weight excluding hydrogens is 318 g/mol. The summed E-state index contributed by atoms with van der Waals surface area (Å²) in [4.78, 5) is 15.4. The van der Waals surface area contributed by atoms with E-state index in [1.54, 1.807) is 26.0 Å². The molecule has 3 rings (SSSR count). The molecule has 1 aliphatic rings. The molecule has 0 aliphatic carbocycles. The zero-order valence-electron chi connectivity index (χ0n) is 12.4. The van der Waals surface area contributed by atoms with Gasteiger partial charge >= 0.3 is 0 Å². The SMILES string of the molecule is COc1ccc([C@@H]2SCCN2C(=O)c2cccs2)c(OC)c1. The third-order valence-electron chi connectivity index (χ3n) is 3.59. The Morgan fingerprint density at radius 1 is 1.27 bits per heavy atom. The van der Waals surface area contributed by atoms with E-state index in [2.05, 4.69) is 0 Å². The van der Waals surface area contributed by atoms with Gasteiger partial charge in [-0.15, -0.1) is 23.1 Å². The molecule has 0 spiro atoms. The van der Waals surface area contributed by atoms with Gasteiger partial charge in [0.05, 0.1) is 19.1 Å². The fourth-order valence-corrected chi connectivity index (χ4v) is 4.46. The molecule has 4 nitrogen and oxygen atoms in total. The highest BCUT2D eigenvalue weighted by atomic mass is 32.2. The lowest BCUT2D eigenvalue weighted by molar-refractivity contribution is 0.0764. The standard InChI is InChI=1S/C16H17NO3S2/c1-19-11-5-6-12(13(10-11)20-2)16-17(7-9-22-16)15(18)14-4-3-8-21-14/h3-6,8,10,16H,7,9H2,1-2H3/t16-/m0/s1. The molecule has 2 heterocycles. The first-order valence-corrected chi connectivity index (χ1v) is 8.85. The summed E-state index contributed by atoms with van der Waals surface area (Å²) in [6.07, 6.45) is 0. The van der Waals surface area contributed by atoms with Crippen LogP contribution in [-0.4, -0.2) is 37.3 Å². The van der Waals surface area contributed by atoms with Crippen molar-refractivity contribution in [1.29, 1.82) is 0 Å². The number of carbonyl (C=O) groups excluding carboxylic acids is 1. The van der Waals surface area contributed by atoms with Gasteiger partial charge in [-0.25, -0.2) is 0 Å². The number of rotatable bonds is 4. The van der Waals surface area contributed by atoms with E-state index in [0.29, 0.717) is 0 Å². The summed E-state index contributed by atoms with van der Waals surface area (Å²) in [7, 11) is 3.27. The first-order valence-electron chi connectivity index (χ1n) is 6.92. The van der Waals surface area contributed by atoms with Crippen molar-refractivity contribution in [2.24, 2.45) is 0 Å². The van der Waals surface area contributed by atoms with E-state index < -0.39 is 0 Å². The van der Waals surface area contributed by atoms with E-state index in [1.165, 1.54) is 11.3 Å². The van der Waals surface area contributed by atoms with Gasteiger partial charge in [0.25, 0.3) is 5.91 Å². The van der Waals surface area contributed by atoms with Crippen LogP contribution < -0.4 is 9.47 Å². The van der Waals surface area contributed by atoms with E-state index >= 15 is 0 Å². The van der Waals surface area contributed by atoms with Crippen LogP contribution in [0.5, 0.6) is 11.5 Å². The largest absolute Gasteiger partial charge is 0.497 e. The van der Waals surface area contributed by atoms with Gasteiger partial charge in [0.2, 0.25) is 0 Å². The molecule has 0 saturated carbocycles. The van der Waals surface area contributed by atoms with Crippen molar-refractivity contribution in [2.45, 2.75) is 5.37 Å². The van der Waals surface area contributed by atoms with E-state index in [0.717, 1.165) is 34.2 Å². The lowest BCUT2D eigenvalue weighted by Gasteiger charge is -2.25. The minimum atomic E-state index is -0.0181. The van der Waals surface area contributed by atoms with Crippen LogP contribution in [0.2, 0.25) is 0 Å². The molecular formula is C16H17NO3S2. The zero-order chi connectivity index (χ0) is 15.5. The molecule has 6 heteroatoms. The van der Waals surface area contributed by atoms with Gasteiger partial charge in [-0.1, -0.05) is 6.07 Å². The van der Waals surface area contributed by atoms with E-state index in [1.807, 2.05) is 40.6 Å². The molecule has 1 saturated heterocycles. The molecule has 0 radical (unpaired) electrons. The molecule has 0 bridgehead atoms. The Morgan fingerprint density at radius 3 is 2.82 bits per heavy atom. The average Bonchev–Trinajstić information content (AvgIpc) is 3.24. The number of thiophene rings is 1. The van der Waals surface area contributed by atoms with Crippen molar-refractivity contribution in [3.63, 3.8) is 0 Å². The number of benzene rings is 1. The topological polar surface area (TPSA) is 38.8 Å². The third-order valence-corrected chi connectivity index (χ3v) is 5.69. The van der Waals surface area contributed by atoms with Crippen LogP contribution in [-0.2, 0) is 0 Å². The first kappa shape index (κ1) is 15.2. The molecule has 116 valence electrons. The minimum absolute atomic E-state index is 0.0181. The molecule has 1 aliphatic heterocycles. The highest BCUT2D eigenvalue weighted by molar-refractivity contribution is 7.99. The highest BCUT2D eigenvalue weighted by Gasteiger charge is 2.33. The number of ether oxygens (including phenoxy) is 2. The summed E-state index contributed by atoms with van der Waals surface area (Å²) >= 11 is 3.24. The first-order chi connectivity index (χ1) is 10.7. The second-order valence-corrected chi connectivity index (χ2v) is 6.94. The average molecular weight is 335 g/mol. The number of methoxy groups -OCH3 is 2. The lowest BCUT2D eigenvalue weighted by atomic mass is 10.1. The Labute approximate surface area is 138 Å². The number of carbonyl (C=O) groups is 1. The Kier molecular flexibility index (Phi) is 4.59. The van der Waals surface area contributed by atoms with Crippen LogP contribution in [0.1, 0.15) is 20.6 Å². The fraction of sp³-hybridized carbons (Fsp3) is 0.312. The van der Waals surface area contributed by atoms with Crippen molar-refractivity contribution in [3.05, 3.63) is 46.2 Å². The Balaban J connectivity index is 1.91. The van der Waals surface area contributed by atoms with Crippen LogP contribution >= 0.6 is 23.1 Å². The fourth-order valence-electron chi connectivity index (χ4n) is 2.50. The van der Waals surface area contributed by atoms with Crippen LogP contribution in [0.3, 0.4) is 0 Å². The maximum absolute atomic E-state index is 12.7. The maximum atomic E-state index is 12.7. The zero-order valence-corrected chi connectivity index (χ0v) is 14.1. The summed E-state index contributed by atoms with van der Waals surface area (Å²) in [5.74, 6) is 2.52. The Morgan fingerprint density at radius 2 is 2.14 bits per heavy atom. The second-order valence-electron chi connectivity index (χ2n) is 4.81. The summed E-state index contributed by atoms with van der Waals surface area (Å²) in [6, 6.07) is 9.53.